The standard InChI is InChI=1S/C19H29N3O3/c1-12-8-20-9-16(12)17(23)21-15-6-5-13-10-22(11-14(13)7-15)18(24)25-19(2,3)4/h8-9,13-15,20H,5-7,10-11H2,1-4H3,(H,21,23). The molecule has 1 aromatic rings. The van der Waals surface area contributed by atoms with Crippen molar-refractivity contribution in [2.24, 2.45) is 11.8 Å². The summed E-state index contributed by atoms with van der Waals surface area (Å²) in [5, 5.41) is 3.16. The predicted octanol–water partition coefficient (Wildman–Crippen LogP) is 3.09. The van der Waals surface area contributed by atoms with Crippen LogP contribution in [0.15, 0.2) is 12.4 Å². The number of aromatic nitrogens is 1. The van der Waals surface area contributed by atoms with Crippen LogP contribution in [-0.4, -0.2) is 46.6 Å². The molecule has 6 heteroatoms. The van der Waals surface area contributed by atoms with Gasteiger partial charge in [-0.25, -0.2) is 4.79 Å². The van der Waals surface area contributed by atoms with E-state index in [1.54, 1.807) is 6.20 Å². The molecule has 0 radical (unpaired) electrons. The van der Waals surface area contributed by atoms with Gasteiger partial charge in [0.25, 0.3) is 5.91 Å². The second-order valence-corrected chi connectivity index (χ2v) is 8.44. The lowest BCUT2D eigenvalue weighted by atomic mass is 9.79. The van der Waals surface area contributed by atoms with Crippen molar-refractivity contribution in [3.8, 4) is 0 Å². The number of likely N-dealkylation sites (tertiary alicyclic amines) is 1. The molecule has 3 rings (SSSR count). The Balaban J connectivity index is 1.54. The van der Waals surface area contributed by atoms with Gasteiger partial charge in [-0.15, -0.1) is 0 Å². The van der Waals surface area contributed by atoms with E-state index in [-0.39, 0.29) is 18.0 Å². The zero-order chi connectivity index (χ0) is 18.2. The maximum Gasteiger partial charge on any atom is 0.410 e. The lowest BCUT2D eigenvalue weighted by Gasteiger charge is -2.31. The minimum Gasteiger partial charge on any atom is -0.444 e. The zero-order valence-electron chi connectivity index (χ0n) is 15.6. The second kappa shape index (κ2) is 6.73. The molecule has 25 heavy (non-hydrogen) atoms. The van der Waals surface area contributed by atoms with Crippen molar-refractivity contribution in [3.05, 3.63) is 23.5 Å². The fourth-order valence-corrected chi connectivity index (χ4v) is 3.99. The van der Waals surface area contributed by atoms with Crippen LogP contribution in [0.4, 0.5) is 4.79 Å². The van der Waals surface area contributed by atoms with Crippen molar-refractivity contribution in [1.82, 2.24) is 15.2 Å². The van der Waals surface area contributed by atoms with E-state index in [0.29, 0.717) is 17.4 Å². The van der Waals surface area contributed by atoms with Gasteiger partial charge in [0, 0.05) is 31.5 Å². The van der Waals surface area contributed by atoms with Crippen LogP contribution in [0.2, 0.25) is 0 Å². The molecule has 138 valence electrons. The molecule has 2 heterocycles. The monoisotopic (exact) mass is 347 g/mol. The number of H-pyrrole nitrogens is 1. The summed E-state index contributed by atoms with van der Waals surface area (Å²) in [7, 11) is 0. The van der Waals surface area contributed by atoms with Crippen LogP contribution in [0.1, 0.15) is 56.0 Å². The lowest BCUT2D eigenvalue weighted by molar-refractivity contribution is 0.0284. The van der Waals surface area contributed by atoms with E-state index in [1.807, 2.05) is 38.8 Å². The molecule has 1 aromatic heterocycles. The summed E-state index contributed by atoms with van der Waals surface area (Å²) in [6, 6.07) is 0.182. The maximum atomic E-state index is 12.4. The van der Waals surface area contributed by atoms with Crippen LogP contribution >= 0.6 is 0 Å². The van der Waals surface area contributed by atoms with Gasteiger partial charge in [0.1, 0.15) is 5.60 Å². The minimum atomic E-state index is -0.463. The minimum absolute atomic E-state index is 0.0100. The fraction of sp³-hybridized carbons (Fsp3) is 0.684. The number of ether oxygens (including phenoxy) is 1. The van der Waals surface area contributed by atoms with Crippen LogP contribution in [0, 0.1) is 18.8 Å². The Bertz CT molecular complexity index is 647. The number of aromatic amines is 1. The van der Waals surface area contributed by atoms with E-state index < -0.39 is 5.60 Å². The van der Waals surface area contributed by atoms with Crippen LogP contribution < -0.4 is 5.32 Å². The molecule has 0 aromatic carbocycles. The van der Waals surface area contributed by atoms with Crippen molar-refractivity contribution in [1.29, 1.82) is 0 Å². The van der Waals surface area contributed by atoms with Crippen molar-refractivity contribution in [2.45, 2.75) is 58.6 Å². The van der Waals surface area contributed by atoms with E-state index >= 15 is 0 Å². The highest BCUT2D eigenvalue weighted by Crippen LogP contribution is 2.37. The van der Waals surface area contributed by atoms with E-state index in [1.165, 1.54) is 0 Å². The average molecular weight is 347 g/mol. The summed E-state index contributed by atoms with van der Waals surface area (Å²) in [6.07, 6.45) is 6.31. The Morgan fingerprint density at radius 2 is 1.92 bits per heavy atom. The van der Waals surface area contributed by atoms with Crippen LogP contribution in [0.3, 0.4) is 0 Å². The molecule has 3 atom stereocenters. The third kappa shape index (κ3) is 4.17. The summed E-state index contributed by atoms with van der Waals surface area (Å²) in [4.78, 5) is 29.5. The van der Waals surface area contributed by atoms with Crippen molar-refractivity contribution in [3.63, 3.8) is 0 Å². The highest BCUT2D eigenvalue weighted by atomic mass is 16.6. The molecule has 2 amide bonds. The maximum absolute atomic E-state index is 12.4. The Kier molecular flexibility index (Phi) is 4.80. The number of carbonyl (C=O) groups excluding carboxylic acids is 2. The summed E-state index contributed by atoms with van der Waals surface area (Å²) in [5.74, 6) is 0.956. The predicted molar refractivity (Wildman–Crippen MR) is 95.4 cm³/mol. The summed E-state index contributed by atoms with van der Waals surface area (Å²) in [5.41, 5.74) is 1.21. The lowest BCUT2D eigenvalue weighted by Crippen LogP contribution is -2.40. The molecule has 1 saturated carbocycles. The third-order valence-corrected chi connectivity index (χ3v) is 5.23. The number of nitrogens with zero attached hydrogens (tertiary/aromatic N) is 1. The Labute approximate surface area is 149 Å². The van der Waals surface area contributed by atoms with Gasteiger partial charge in [-0.1, -0.05) is 0 Å². The van der Waals surface area contributed by atoms with E-state index in [4.69, 9.17) is 4.74 Å². The van der Waals surface area contributed by atoms with E-state index in [0.717, 1.165) is 37.9 Å². The van der Waals surface area contributed by atoms with E-state index in [9.17, 15) is 9.59 Å². The molecule has 2 aliphatic rings. The van der Waals surface area contributed by atoms with Gasteiger partial charge in [0.2, 0.25) is 0 Å². The Morgan fingerprint density at radius 1 is 1.20 bits per heavy atom. The number of hydrogen-bond donors (Lipinski definition) is 2. The number of aryl methyl sites for hydroxylation is 1. The van der Waals surface area contributed by atoms with Crippen molar-refractivity contribution < 1.29 is 14.3 Å². The van der Waals surface area contributed by atoms with Gasteiger partial charge >= 0.3 is 6.09 Å². The van der Waals surface area contributed by atoms with Crippen LogP contribution in [0.25, 0.3) is 0 Å². The van der Waals surface area contributed by atoms with E-state index in [2.05, 4.69) is 10.3 Å². The normalized spacial score (nSPS) is 26.2. The zero-order valence-corrected chi connectivity index (χ0v) is 15.6. The number of nitrogens with one attached hydrogen (secondary N) is 2. The highest BCUT2D eigenvalue weighted by molar-refractivity contribution is 5.95. The van der Waals surface area contributed by atoms with Crippen molar-refractivity contribution >= 4 is 12.0 Å². The average Bonchev–Trinajstić information content (AvgIpc) is 3.11. The number of rotatable bonds is 2. The second-order valence-electron chi connectivity index (χ2n) is 8.44. The fourth-order valence-electron chi connectivity index (χ4n) is 3.99. The topological polar surface area (TPSA) is 74.4 Å². The number of fused-ring (bicyclic) bond motifs is 1. The summed E-state index contributed by atoms with van der Waals surface area (Å²) >= 11 is 0. The first kappa shape index (κ1) is 17.8. The van der Waals surface area contributed by atoms with Gasteiger partial charge in [0.05, 0.1) is 5.56 Å². The van der Waals surface area contributed by atoms with Gasteiger partial charge in [-0.2, -0.15) is 0 Å². The molecule has 1 saturated heterocycles. The first-order chi connectivity index (χ1) is 11.7. The van der Waals surface area contributed by atoms with Gasteiger partial charge in [-0.3, -0.25) is 4.79 Å². The molecular formula is C19H29N3O3. The molecule has 6 nitrogen and oxygen atoms in total. The molecule has 1 aliphatic carbocycles. The smallest absolute Gasteiger partial charge is 0.410 e. The van der Waals surface area contributed by atoms with Crippen molar-refractivity contribution in [2.75, 3.05) is 13.1 Å². The first-order valence-electron chi connectivity index (χ1n) is 9.15. The van der Waals surface area contributed by atoms with Crippen LogP contribution in [-0.2, 0) is 4.74 Å². The number of carbonyl (C=O) groups is 2. The van der Waals surface area contributed by atoms with Gasteiger partial charge in [0.15, 0.2) is 0 Å². The molecule has 2 fully saturated rings. The summed E-state index contributed by atoms with van der Waals surface area (Å²) in [6.45, 7) is 9.11. The highest BCUT2D eigenvalue weighted by Gasteiger charge is 2.41. The third-order valence-electron chi connectivity index (χ3n) is 5.23. The SMILES string of the molecule is Cc1c[nH]cc1C(=O)NC1CCC2CN(C(=O)OC(C)(C)C)CC2C1. The molecule has 3 unspecified atom stereocenters. The number of hydrogen-bond acceptors (Lipinski definition) is 3. The quantitative estimate of drug-likeness (QED) is 0.863. The molecule has 0 bridgehead atoms. The van der Waals surface area contributed by atoms with Crippen LogP contribution in [0.5, 0.6) is 0 Å². The molecular weight excluding hydrogens is 318 g/mol. The first-order valence-corrected chi connectivity index (χ1v) is 9.15. The Morgan fingerprint density at radius 3 is 2.56 bits per heavy atom. The Hall–Kier alpha value is -1.98. The summed E-state index contributed by atoms with van der Waals surface area (Å²) < 4.78 is 5.50. The van der Waals surface area contributed by atoms with Gasteiger partial charge in [-0.05, 0) is 64.4 Å². The molecule has 2 N–H and O–H groups in total. The molecule has 0 spiro atoms. The van der Waals surface area contributed by atoms with Gasteiger partial charge < -0.3 is 19.9 Å². The number of amides is 2. The molecule has 1 aliphatic heterocycles. The largest absolute Gasteiger partial charge is 0.444 e.